The first-order valence-corrected chi connectivity index (χ1v) is 8.83. The fourth-order valence-corrected chi connectivity index (χ4v) is 3.12. The zero-order valence-corrected chi connectivity index (χ0v) is 15.7. The molecule has 1 aliphatic heterocycles. The molecule has 2 N–H and O–H groups in total. The molecule has 1 aliphatic rings. The van der Waals surface area contributed by atoms with Crippen molar-refractivity contribution in [2.24, 2.45) is 0 Å². The van der Waals surface area contributed by atoms with E-state index < -0.39 is 43.3 Å². The Labute approximate surface area is 178 Å². The van der Waals surface area contributed by atoms with Crippen molar-refractivity contribution in [3.8, 4) is 11.8 Å². The summed E-state index contributed by atoms with van der Waals surface area (Å²) in [4.78, 5) is 17.8. The quantitative estimate of drug-likeness (QED) is 0.601. The fraction of sp³-hybridized carbons (Fsp3) is 0.300. The molecular weight excluding hydrogens is 391 g/mol. The number of hydrogen-bond acceptors (Lipinski definition) is 8. The molecule has 3 aromatic rings. The van der Waals surface area contributed by atoms with E-state index in [-0.39, 0.29) is 40.8 Å². The second-order valence-corrected chi connectivity index (χ2v) is 6.55. The van der Waals surface area contributed by atoms with E-state index in [2.05, 4.69) is 10.1 Å². The van der Waals surface area contributed by atoms with Gasteiger partial charge < -0.3 is 20.1 Å². The van der Waals surface area contributed by atoms with Crippen molar-refractivity contribution < 1.29 is 25.5 Å². The number of nitrogens with two attached hydrogens (primary N) is 1. The van der Waals surface area contributed by atoms with Gasteiger partial charge in [-0.15, -0.1) is 5.10 Å². The summed E-state index contributed by atoms with van der Waals surface area (Å²) in [5.74, 6) is -2.23. The first kappa shape index (κ1) is 14.2. The van der Waals surface area contributed by atoms with Crippen molar-refractivity contribution in [1.29, 1.82) is 5.26 Å². The molecule has 2 bridgehead atoms. The summed E-state index contributed by atoms with van der Waals surface area (Å²) < 4.78 is 67.0. The Bertz CT molecular complexity index is 1370. The Morgan fingerprint density at radius 1 is 1.50 bits per heavy atom. The third kappa shape index (κ3) is 3.24. The molecule has 1 aromatic carbocycles. The highest BCUT2D eigenvalue weighted by atomic mass is 19.1. The van der Waals surface area contributed by atoms with Gasteiger partial charge in [0.1, 0.15) is 41.7 Å². The Morgan fingerprint density at radius 3 is 3.10 bits per heavy atom. The van der Waals surface area contributed by atoms with E-state index in [1.54, 1.807) is 13.0 Å². The van der Waals surface area contributed by atoms with Gasteiger partial charge in [0.25, 0.3) is 0 Å². The number of esters is 1. The highest BCUT2D eigenvalue weighted by Crippen LogP contribution is 2.30. The molecule has 10 heteroatoms. The summed E-state index contributed by atoms with van der Waals surface area (Å²) in [5, 5.41) is 13.6. The van der Waals surface area contributed by atoms with E-state index in [9.17, 15) is 14.4 Å². The second-order valence-electron chi connectivity index (χ2n) is 6.55. The lowest BCUT2D eigenvalue weighted by atomic mass is 10.1. The summed E-state index contributed by atoms with van der Waals surface area (Å²) in [7, 11) is 0. The summed E-state index contributed by atoms with van der Waals surface area (Å²) in [6.07, 6.45) is 0.524. The first-order valence-electron chi connectivity index (χ1n) is 11.3. The molecule has 1 atom stereocenters. The molecule has 0 spiro atoms. The summed E-state index contributed by atoms with van der Waals surface area (Å²) in [5.41, 5.74) is 5.02. The SMILES string of the molecule is [2H]C([2H])([2H])C([2H])([2H])N1Cc2c(ccc(F)c2C#N)O[C@@H](C)COC(=O)c2c(N)nn3ccc1nc23. The largest absolute Gasteiger partial charge is 0.487 e. The fourth-order valence-electron chi connectivity index (χ4n) is 3.12. The number of nitrogen functional groups attached to an aromatic ring is 1. The third-order valence-corrected chi connectivity index (χ3v) is 4.54. The topological polar surface area (TPSA) is 119 Å². The van der Waals surface area contributed by atoms with Crippen LogP contribution in [0.25, 0.3) is 5.65 Å². The van der Waals surface area contributed by atoms with Crippen LogP contribution in [0.5, 0.6) is 5.75 Å². The Hall–Kier alpha value is -3.87. The van der Waals surface area contributed by atoms with Gasteiger partial charge in [0, 0.05) is 31.7 Å². The number of anilines is 2. The van der Waals surface area contributed by atoms with Crippen LogP contribution in [0.3, 0.4) is 0 Å². The number of carbonyl (C=O) groups excluding carboxylic acids is 1. The first-order chi connectivity index (χ1) is 16.3. The highest BCUT2D eigenvalue weighted by molar-refractivity contribution is 6.00. The van der Waals surface area contributed by atoms with Gasteiger partial charge in [0.05, 0.1) is 5.56 Å². The number of halogens is 1. The number of aromatic nitrogens is 3. The van der Waals surface area contributed by atoms with Gasteiger partial charge >= 0.3 is 5.97 Å². The zero-order valence-electron chi connectivity index (χ0n) is 20.7. The van der Waals surface area contributed by atoms with Crippen molar-refractivity contribution in [2.75, 3.05) is 23.7 Å². The summed E-state index contributed by atoms with van der Waals surface area (Å²) >= 11 is 0. The summed E-state index contributed by atoms with van der Waals surface area (Å²) in [6.45, 7) is -5.55. The average Bonchev–Trinajstić information content (AvgIpc) is 3.11. The molecule has 0 saturated carbocycles. The number of nitrogens with zero attached hydrogens (tertiary/aromatic N) is 5. The van der Waals surface area contributed by atoms with E-state index in [0.717, 1.165) is 15.5 Å². The van der Waals surface area contributed by atoms with E-state index >= 15 is 0 Å². The lowest BCUT2D eigenvalue weighted by Crippen LogP contribution is -2.26. The molecule has 9 nitrogen and oxygen atoms in total. The van der Waals surface area contributed by atoms with Crippen molar-refractivity contribution >= 4 is 23.3 Å². The molecule has 30 heavy (non-hydrogen) atoms. The molecule has 154 valence electrons. The zero-order chi connectivity index (χ0) is 25.7. The lowest BCUT2D eigenvalue weighted by Gasteiger charge is -2.25. The number of rotatable bonds is 1. The molecule has 0 unspecified atom stereocenters. The molecule has 0 fully saturated rings. The van der Waals surface area contributed by atoms with Crippen LogP contribution in [-0.2, 0) is 11.3 Å². The van der Waals surface area contributed by atoms with Crippen LogP contribution in [-0.4, -0.2) is 39.8 Å². The van der Waals surface area contributed by atoms with Gasteiger partial charge in [-0.1, -0.05) is 0 Å². The Kier molecular flexibility index (Phi) is 3.55. The van der Waals surface area contributed by atoms with Gasteiger partial charge in [-0.05, 0) is 32.0 Å². The molecule has 2 aromatic heterocycles. The number of nitriles is 1. The minimum atomic E-state index is -3.19. The number of carbonyl (C=O) groups is 1. The standard InChI is InChI=1S/C20H19FN6O3/c1-3-26-9-13-12(8-22)14(21)4-5-15(13)30-11(2)10-29-20(28)17-18(23)25-27-7-6-16(26)24-19(17)27/h4-7,11H,3,9-10H2,1-2H3,(H2,23,25)/t11-/m0/s1/i1D3,3D2. The molecule has 3 heterocycles. The smallest absolute Gasteiger partial charge is 0.346 e. The molecule has 0 saturated heterocycles. The molecule has 4 rings (SSSR count). The maximum Gasteiger partial charge on any atom is 0.346 e. The van der Waals surface area contributed by atoms with Crippen LogP contribution < -0.4 is 15.4 Å². The van der Waals surface area contributed by atoms with Crippen LogP contribution in [0.2, 0.25) is 0 Å². The predicted octanol–water partition coefficient (Wildman–Crippen LogP) is 2.29. The van der Waals surface area contributed by atoms with Gasteiger partial charge in [-0.3, -0.25) is 0 Å². The van der Waals surface area contributed by atoms with E-state index in [4.69, 9.17) is 22.1 Å². The Balaban J connectivity index is 2.03. The van der Waals surface area contributed by atoms with Crippen molar-refractivity contribution in [1.82, 2.24) is 14.6 Å². The number of ether oxygens (including phenoxy) is 2. The van der Waals surface area contributed by atoms with Crippen LogP contribution in [0.4, 0.5) is 16.0 Å². The van der Waals surface area contributed by atoms with Crippen LogP contribution >= 0.6 is 0 Å². The minimum absolute atomic E-state index is 0.0133. The Morgan fingerprint density at radius 2 is 2.33 bits per heavy atom. The minimum Gasteiger partial charge on any atom is -0.487 e. The number of benzene rings is 1. The molecular formula is C20H19FN6O3. The monoisotopic (exact) mass is 415 g/mol. The van der Waals surface area contributed by atoms with Gasteiger partial charge in [-0.2, -0.15) is 5.26 Å². The summed E-state index contributed by atoms with van der Waals surface area (Å²) in [6, 6.07) is 5.21. The molecule has 0 amide bonds. The van der Waals surface area contributed by atoms with Crippen molar-refractivity contribution in [3.63, 3.8) is 0 Å². The lowest BCUT2D eigenvalue weighted by molar-refractivity contribution is 0.0343. The van der Waals surface area contributed by atoms with E-state index in [1.165, 1.54) is 18.3 Å². The van der Waals surface area contributed by atoms with Crippen molar-refractivity contribution in [2.45, 2.75) is 26.4 Å². The molecule has 0 aliphatic carbocycles. The van der Waals surface area contributed by atoms with Crippen LogP contribution in [0.1, 0.15) is 42.1 Å². The average molecular weight is 415 g/mol. The van der Waals surface area contributed by atoms with E-state index in [1.807, 2.05) is 0 Å². The second kappa shape index (κ2) is 7.51. The molecule has 0 radical (unpaired) electrons. The number of fused-ring (bicyclic) bond motifs is 2. The third-order valence-electron chi connectivity index (χ3n) is 4.54. The van der Waals surface area contributed by atoms with Gasteiger partial charge in [-0.25, -0.2) is 18.7 Å². The maximum absolute atomic E-state index is 14.6. The van der Waals surface area contributed by atoms with Crippen LogP contribution in [0.15, 0.2) is 24.4 Å². The normalized spacial score (nSPS) is 20.0. The number of hydrogen-bond donors (Lipinski definition) is 1. The van der Waals surface area contributed by atoms with Gasteiger partial charge in [0.2, 0.25) is 0 Å². The number of cyclic esters (lactones) is 1. The maximum atomic E-state index is 14.6. The van der Waals surface area contributed by atoms with E-state index in [0.29, 0.717) is 0 Å². The highest BCUT2D eigenvalue weighted by Gasteiger charge is 2.25. The van der Waals surface area contributed by atoms with Crippen LogP contribution in [0, 0.1) is 17.1 Å². The predicted molar refractivity (Wildman–Crippen MR) is 106 cm³/mol. The van der Waals surface area contributed by atoms with Crippen molar-refractivity contribution in [3.05, 3.63) is 46.9 Å². The van der Waals surface area contributed by atoms with Gasteiger partial charge in [0.15, 0.2) is 11.5 Å².